The smallest absolute Gasteiger partial charge is 0.255 e. The number of para-hydroxylation sites is 1. The van der Waals surface area contributed by atoms with Gasteiger partial charge in [-0.1, -0.05) is 56.5 Å². The van der Waals surface area contributed by atoms with Crippen molar-refractivity contribution in [2.75, 3.05) is 17.2 Å². The van der Waals surface area contributed by atoms with Gasteiger partial charge in [0, 0.05) is 11.4 Å². The van der Waals surface area contributed by atoms with Gasteiger partial charge in [0.05, 0.1) is 12.2 Å². The Bertz CT molecular complexity index is 1070. The molecule has 1 atom stereocenters. The number of anilines is 2. The van der Waals surface area contributed by atoms with Crippen molar-refractivity contribution in [3.8, 4) is 5.75 Å². The summed E-state index contributed by atoms with van der Waals surface area (Å²) < 4.78 is 7.63. The third kappa shape index (κ3) is 4.82. The highest BCUT2D eigenvalue weighted by Gasteiger charge is 2.33. The lowest BCUT2D eigenvalue weighted by Crippen LogP contribution is -2.31. The van der Waals surface area contributed by atoms with Gasteiger partial charge < -0.3 is 15.4 Å². The Labute approximate surface area is 188 Å². The van der Waals surface area contributed by atoms with Gasteiger partial charge in [-0.25, -0.2) is 4.68 Å². The number of fused-ring (bicyclic) bond motifs is 1. The molecular weight excluding hydrogens is 402 g/mol. The zero-order chi connectivity index (χ0) is 22.3. The molecule has 7 nitrogen and oxygen atoms in total. The van der Waals surface area contributed by atoms with Crippen LogP contribution >= 0.6 is 0 Å². The fourth-order valence-corrected chi connectivity index (χ4v) is 3.88. The first-order chi connectivity index (χ1) is 15.7. The van der Waals surface area contributed by atoms with Gasteiger partial charge in [0.2, 0.25) is 5.95 Å². The molecule has 3 aromatic rings. The first-order valence-corrected chi connectivity index (χ1v) is 11.1. The van der Waals surface area contributed by atoms with Crippen molar-refractivity contribution in [3.63, 3.8) is 0 Å². The van der Waals surface area contributed by atoms with Crippen molar-refractivity contribution in [2.45, 2.75) is 45.6 Å². The molecule has 2 heterocycles. The van der Waals surface area contributed by atoms with E-state index in [9.17, 15) is 4.79 Å². The minimum Gasteiger partial charge on any atom is -0.494 e. The first-order valence-electron chi connectivity index (χ1n) is 11.1. The molecule has 4 rings (SSSR count). The maximum atomic E-state index is 13.3. The second-order valence-electron chi connectivity index (χ2n) is 7.89. The van der Waals surface area contributed by atoms with E-state index in [1.807, 2.05) is 61.5 Å². The molecule has 1 aliphatic rings. The lowest BCUT2D eigenvalue weighted by atomic mass is 9.95. The van der Waals surface area contributed by atoms with E-state index in [1.165, 1.54) is 25.6 Å². The summed E-state index contributed by atoms with van der Waals surface area (Å²) in [4.78, 5) is 17.6. The normalized spacial score (nSPS) is 15.1. The topological polar surface area (TPSA) is 81.1 Å². The van der Waals surface area contributed by atoms with Crippen LogP contribution in [0, 0.1) is 0 Å². The number of unbranched alkanes of at least 4 members (excludes halogenated alkanes) is 3. The fourth-order valence-electron chi connectivity index (χ4n) is 3.88. The van der Waals surface area contributed by atoms with Crippen LogP contribution in [0.3, 0.4) is 0 Å². The fraction of sp³-hybridized carbons (Fsp3) is 0.320. The van der Waals surface area contributed by atoms with Crippen molar-refractivity contribution in [1.82, 2.24) is 14.8 Å². The zero-order valence-corrected chi connectivity index (χ0v) is 18.5. The monoisotopic (exact) mass is 431 g/mol. The number of nitrogens with one attached hydrogen (secondary N) is 2. The highest BCUT2D eigenvalue weighted by Crippen LogP contribution is 2.35. The van der Waals surface area contributed by atoms with Gasteiger partial charge in [-0.15, -0.1) is 0 Å². The highest BCUT2D eigenvalue weighted by molar-refractivity contribution is 6.06. The number of benzene rings is 2. The predicted octanol–water partition coefficient (Wildman–Crippen LogP) is 5.16. The Morgan fingerprint density at radius 3 is 2.62 bits per heavy atom. The molecule has 0 bridgehead atoms. The molecule has 7 heteroatoms. The van der Waals surface area contributed by atoms with Crippen molar-refractivity contribution in [1.29, 1.82) is 0 Å². The minimum absolute atomic E-state index is 0.177. The average molecular weight is 432 g/mol. The molecule has 1 amide bonds. The van der Waals surface area contributed by atoms with Crippen LogP contribution < -0.4 is 15.4 Å². The molecule has 1 aromatic heterocycles. The second-order valence-corrected chi connectivity index (χ2v) is 7.89. The van der Waals surface area contributed by atoms with E-state index in [4.69, 9.17) is 4.74 Å². The van der Waals surface area contributed by atoms with Gasteiger partial charge >= 0.3 is 0 Å². The van der Waals surface area contributed by atoms with E-state index in [-0.39, 0.29) is 5.91 Å². The number of carbonyl (C=O) groups excluding carboxylic acids is 1. The van der Waals surface area contributed by atoms with E-state index in [2.05, 4.69) is 27.6 Å². The summed E-state index contributed by atoms with van der Waals surface area (Å²) >= 11 is 0. The third-order valence-corrected chi connectivity index (χ3v) is 5.53. The van der Waals surface area contributed by atoms with Gasteiger partial charge in [0.25, 0.3) is 5.91 Å². The van der Waals surface area contributed by atoms with Crippen LogP contribution in [0.5, 0.6) is 5.75 Å². The van der Waals surface area contributed by atoms with Crippen LogP contribution in [0.4, 0.5) is 11.6 Å². The molecule has 0 unspecified atom stereocenters. The van der Waals surface area contributed by atoms with Crippen molar-refractivity contribution in [2.24, 2.45) is 0 Å². The molecule has 0 fully saturated rings. The third-order valence-electron chi connectivity index (χ3n) is 5.53. The van der Waals surface area contributed by atoms with Crippen LogP contribution in [-0.4, -0.2) is 27.3 Å². The van der Waals surface area contributed by atoms with Crippen LogP contribution in [-0.2, 0) is 4.79 Å². The number of nitrogens with zero attached hydrogens (tertiary/aromatic N) is 3. The number of hydrogen-bond donors (Lipinski definition) is 2. The highest BCUT2D eigenvalue weighted by atomic mass is 16.5. The maximum absolute atomic E-state index is 13.3. The zero-order valence-electron chi connectivity index (χ0n) is 18.5. The van der Waals surface area contributed by atoms with Crippen molar-refractivity contribution < 1.29 is 9.53 Å². The molecule has 0 saturated carbocycles. The SMILES string of the molecule is CCCCCCOc1ccc([C@H]2C(C(=O)Nc3ccccc3)=C(C)Nc3ncnn32)cc1. The summed E-state index contributed by atoms with van der Waals surface area (Å²) in [6.07, 6.45) is 6.18. The van der Waals surface area contributed by atoms with E-state index in [0.29, 0.717) is 18.1 Å². The Morgan fingerprint density at radius 1 is 1.09 bits per heavy atom. The standard InChI is InChI=1S/C25H29N5O2/c1-3-4-5-9-16-32-21-14-12-19(13-15-21)23-22(18(2)28-25-26-17-27-30(23)25)24(31)29-20-10-7-6-8-11-20/h6-8,10-15,17,23H,3-5,9,16H2,1-2H3,(H,29,31)(H,26,27,28)/t23-/m0/s1. The molecule has 0 spiro atoms. The van der Waals surface area contributed by atoms with Gasteiger partial charge in [0.1, 0.15) is 18.1 Å². The quantitative estimate of drug-likeness (QED) is 0.457. The predicted molar refractivity (Wildman–Crippen MR) is 126 cm³/mol. The van der Waals surface area contributed by atoms with Gasteiger partial charge in [-0.05, 0) is 43.2 Å². The molecule has 0 aliphatic carbocycles. The maximum Gasteiger partial charge on any atom is 0.255 e. The number of allylic oxidation sites excluding steroid dienone is 1. The Kier molecular flexibility index (Phi) is 6.84. The summed E-state index contributed by atoms with van der Waals surface area (Å²) in [6, 6.07) is 16.9. The molecule has 32 heavy (non-hydrogen) atoms. The summed E-state index contributed by atoms with van der Waals surface area (Å²) in [5.41, 5.74) is 3.03. The lowest BCUT2D eigenvalue weighted by molar-refractivity contribution is -0.113. The van der Waals surface area contributed by atoms with Crippen LogP contribution in [0.25, 0.3) is 0 Å². The molecule has 2 N–H and O–H groups in total. The Balaban J connectivity index is 1.56. The van der Waals surface area contributed by atoms with Crippen molar-refractivity contribution >= 4 is 17.5 Å². The van der Waals surface area contributed by atoms with E-state index < -0.39 is 6.04 Å². The molecule has 0 saturated heterocycles. The first kappa shape index (κ1) is 21.6. The number of ether oxygens (including phenoxy) is 1. The van der Waals surface area contributed by atoms with E-state index in [1.54, 1.807) is 4.68 Å². The van der Waals surface area contributed by atoms with Gasteiger partial charge in [-0.2, -0.15) is 10.1 Å². The minimum atomic E-state index is -0.393. The summed E-state index contributed by atoms with van der Waals surface area (Å²) in [6.45, 7) is 4.80. The number of amides is 1. The number of rotatable bonds is 9. The Morgan fingerprint density at radius 2 is 1.88 bits per heavy atom. The average Bonchev–Trinajstić information content (AvgIpc) is 3.27. The molecular formula is C25H29N5O2. The summed E-state index contributed by atoms with van der Waals surface area (Å²) in [5, 5.41) is 10.6. The second kappa shape index (κ2) is 10.1. The number of aromatic nitrogens is 3. The van der Waals surface area contributed by atoms with Gasteiger partial charge in [-0.3, -0.25) is 4.79 Å². The van der Waals surface area contributed by atoms with Crippen LogP contribution in [0.15, 0.2) is 72.2 Å². The van der Waals surface area contributed by atoms with E-state index in [0.717, 1.165) is 29.1 Å². The molecule has 166 valence electrons. The van der Waals surface area contributed by atoms with Gasteiger partial charge in [0.15, 0.2) is 0 Å². The Hall–Kier alpha value is -3.61. The van der Waals surface area contributed by atoms with Crippen LogP contribution in [0.2, 0.25) is 0 Å². The number of carbonyl (C=O) groups is 1. The van der Waals surface area contributed by atoms with Crippen LogP contribution in [0.1, 0.15) is 51.1 Å². The largest absolute Gasteiger partial charge is 0.494 e. The van der Waals surface area contributed by atoms with Crippen molar-refractivity contribution in [3.05, 3.63) is 77.8 Å². The summed E-state index contributed by atoms with van der Waals surface area (Å²) in [7, 11) is 0. The lowest BCUT2D eigenvalue weighted by Gasteiger charge is -2.28. The molecule has 0 radical (unpaired) electrons. The van der Waals surface area contributed by atoms with E-state index >= 15 is 0 Å². The molecule has 1 aliphatic heterocycles. The molecule has 2 aromatic carbocycles. The number of hydrogen-bond acceptors (Lipinski definition) is 5. The summed E-state index contributed by atoms with van der Waals surface area (Å²) in [5.74, 6) is 1.26.